The number of nitrogens with two attached hydrogens (primary N) is 1. The number of halogens is 1. The lowest BCUT2D eigenvalue weighted by atomic mass is 10.2. The van der Waals surface area contributed by atoms with Crippen LogP contribution in [0.2, 0.25) is 0 Å². The molecule has 2 aromatic heterocycles. The van der Waals surface area contributed by atoms with E-state index in [1.807, 2.05) is 17.0 Å². The molecule has 1 fully saturated rings. The van der Waals surface area contributed by atoms with Crippen molar-refractivity contribution < 1.29 is 4.39 Å². The van der Waals surface area contributed by atoms with Gasteiger partial charge in [0.05, 0.1) is 5.69 Å². The van der Waals surface area contributed by atoms with Gasteiger partial charge in [0.2, 0.25) is 0 Å². The zero-order valence-electron chi connectivity index (χ0n) is 13.6. The molecular weight excluding hydrogens is 321 g/mol. The summed E-state index contributed by atoms with van der Waals surface area (Å²) in [6.07, 6.45) is 4.96. The lowest BCUT2D eigenvalue weighted by Crippen LogP contribution is -2.47. The molecule has 3 heterocycles. The molecule has 0 amide bonds. The third kappa shape index (κ3) is 2.86. The van der Waals surface area contributed by atoms with Crippen LogP contribution in [0.3, 0.4) is 0 Å². The molecule has 25 heavy (non-hydrogen) atoms. The lowest BCUT2D eigenvalue weighted by Gasteiger charge is -2.37. The molecule has 0 bridgehead atoms. The fourth-order valence-electron chi connectivity index (χ4n) is 3.07. The number of para-hydroxylation sites is 1. The highest BCUT2D eigenvalue weighted by Gasteiger charge is 2.23. The van der Waals surface area contributed by atoms with Crippen LogP contribution in [0.1, 0.15) is 0 Å². The molecule has 0 atom stereocenters. The normalized spacial score (nSPS) is 14.8. The second kappa shape index (κ2) is 6.39. The molecule has 4 rings (SSSR count). The number of hydrogen-bond acceptors (Lipinski definition) is 6. The van der Waals surface area contributed by atoms with Crippen LogP contribution in [0.25, 0.3) is 5.82 Å². The first-order valence-electron chi connectivity index (χ1n) is 8.09. The third-order valence-corrected chi connectivity index (χ3v) is 4.34. The van der Waals surface area contributed by atoms with Gasteiger partial charge in [0.1, 0.15) is 17.8 Å². The minimum atomic E-state index is -0.196. The largest absolute Gasteiger partial charge is 0.393 e. The molecule has 8 heteroatoms. The summed E-state index contributed by atoms with van der Waals surface area (Å²) < 4.78 is 15.6. The Morgan fingerprint density at radius 2 is 1.64 bits per heavy atom. The van der Waals surface area contributed by atoms with Crippen LogP contribution in [0, 0.1) is 5.82 Å². The molecule has 7 nitrogen and oxygen atoms in total. The summed E-state index contributed by atoms with van der Waals surface area (Å²) in [5, 5.41) is 4.17. The summed E-state index contributed by atoms with van der Waals surface area (Å²) in [5.41, 5.74) is 7.40. The molecular formula is C17H18FN7. The lowest BCUT2D eigenvalue weighted by molar-refractivity contribution is 0.596. The summed E-state index contributed by atoms with van der Waals surface area (Å²) in [4.78, 5) is 12.7. The van der Waals surface area contributed by atoms with Crippen molar-refractivity contribution in [1.29, 1.82) is 0 Å². The minimum Gasteiger partial charge on any atom is -0.393 e. The van der Waals surface area contributed by atoms with Crippen molar-refractivity contribution in [3.8, 4) is 5.82 Å². The Hall–Kier alpha value is -3.16. The molecule has 128 valence electrons. The number of benzene rings is 1. The number of nitrogens with zero attached hydrogens (tertiary/aromatic N) is 6. The maximum absolute atomic E-state index is 14.0. The smallest absolute Gasteiger partial charge is 0.181 e. The number of piperazine rings is 1. The van der Waals surface area contributed by atoms with Gasteiger partial charge in [-0.05, 0) is 18.2 Å². The van der Waals surface area contributed by atoms with Crippen LogP contribution in [0.4, 0.5) is 21.6 Å². The summed E-state index contributed by atoms with van der Waals surface area (Å²) in [6, 6.07) is 8.66. The predicted octanol–water partition coefficient (Wildman–Crippen LogP) is 1.71. The zero-order valence-corrected chi connectivity index (χ0v) is 13.6. The van der Waals surface area contributed by atoms with E-state index in [4.69, 9.17) is 5.73 Å². The molecule has 1 aliphatic heterocycles. The van der Waals surface area contributed by atoms with Crippen LogP contribution >= 0.6 is 0 Å². The number of anilines is 3. The standard InChI is InChI=1S/C17H18FN7/c18-13-4-1-2-5-14(13)23-8-10-24(11-9-23)16-15(19)17(21-12-20-16)25-7-3-6-22-25/h1-7,12H,8-11,19H2. The van der Waals surface area contributed by atoms with E-state index in [0.717, 1.165) is 0 Å². The van der Waals surface area contributed by atoms with E-state index in [1.165, 1.54) is 12.4 Å². The molecule has 1 aromatic carbocycles. The number of nitrogen functional groups attached to an aromatic ring is 1. The third-order valence-electron chi connectivity index (χ3n) is 4.34. The van der Waals surface area contributed by atoms with Gasteiger partial charge in [-0.3, -0.25) is 0 Å². The van der Waals surface area contributed by atoms with E-state index in [0.29, 0.717) is 49.2 Å². The fourth-order valence-corrected chi connectivity index (χ4v) is 3.07. The van der Waals surface area contributed by atoms with E-state index in [-0.39, 0.29) is 5.82 Å². The van der Waals surface area contributed by atoms with Gasteiger partial charge in [0.15, 0.2) is 11.6 Å². The van der Waals surface area contributed by atoms with E-state index >= 15 is 0 Å². The second-order valence-corrected chi connectivity index (χ2v) is 5.81. The van der Waals surface area contributed by atoms with Crippen molar-refractivity contribution in [2.24, 2.45) is 0 Å². The van der Waals surface area contributed by atoms with E-state index in [1.54, 1.807) is 29.2 Å². The molecule has 0 radical (unpaired) electrons. The molecule has 3 aromatic rings. The van der Waals surface area contributed by atoms with Gasteiger partial charge in [-0.2, -0.15) is 5.10 Å². The first-order chi connectivity index (χ1) is 12.2. The van der Waals surface area contributed by atoms with Crippen LogP contribution in [0.5, 0.6) is 0 Å². The highest BCUT2D eigenvalue weighted by Crippen LogP contribution is 2.27. The summed E-state index contributed by atoms with van der Waals surface area (Å²) in [6.45, 7) is 2.80. The zero-order chi connectivity index (χ0) is 17.2. The van der Waals surface area contributed by atoms with Gasteiger partial charge in [-0.1, -0.05) is 12.1 Å². The Labute approximate surface area is 144 Å². The monoisotopic (exact) mass is 339 g/mol. The molecule has 0 unspecified atom stereocenters. The van der Waals surface area contributed by atoms with Crippen molar-refractivity contribution in [2.75, 3.05) is 41.7 Å². The highest BCUT2D eigenvalue weighted by molar-refractivity contribution is 5.70. The number of rotatable bonds is 3. The molecule has 0 aliphatic carbocycles. The van der Waals surface area contributed by atoms with Crippen LogP contribution in [0.15, 0.2) is 49.1 Å². The van der Waals surface area contributed by atoms with Gasteiger partial charge in [0.25, 0.3) is 0 Å². The van der Waals surface area contributed by atoms with Crippen molar-refractivity contribution in [3.05, 3.63) is 54.9 Å². The van der Waals surface area contributed by atoms with E-state index < -0.39 is 0 Å². The van der Waals surface area contributed by atoms with Crippen molar-refractivity contribution in [2.45, 2.75) is 0 Å². The van der Waals surface area contributed by atoms with Crippen molar-refractivity contribution >= 4 is 17.2 Å². The van der Waals surface area contributed by atoms with Gasteiger partial charge in [-0.25, -0.2) is 19.0 Å². The maximum atomic E-state index is 14.0. The average Bonchev–Trinajstić information content (AvgIpc) is 3.17. The number of hydrogen-bond donors (Lipinski definition) is 1. The Kier molecular flexibility index (Phi) is 3.93. The first kappa shape index (κ1) is 15.4. The van der Waals surface area contributed by atoms with E-state index in [9.17, 15) is 4.39 Å². The van der Waals surface area contributed by atoms with Gasteiger partial charge in [0, 0.05) is 38.6 Å². The Bertz CT molecular complexity index is 857. The SMILES string of the molecule is Nc1c(N2CCN(c3ccccc3F)CC2)ncnc1-n1cccn1. The summed E-state index contributed by atoms with van der Waals surface area (Å²) >= 11 is 0. The minimum absolute atomic E-state index is 0.196. The van der Waals surface area contributed by atoms with Gasteiger partial charge in [-0.15, -0.1) is 0 Å². The molecule has 0 saturated carbocycles. The van der Waals surface area contributed by atoms with Crippen LogP contribution in [-0.2, 0) is 0 Å². The molecule has 2 N–H and O–H groups in total. The Morgan fingerprint density at radius 3 is 2.36 bits per heavy atom. The maximum Gasteiger partial charge on any atom is 0.181 e. The average molecular weight is 339 g/mol. The number of aromatic nitrogens is 4. The molecule has 0 spiro atoms. The second-order valence-electron chi connectivity index (χ2n) is 5.81. The highest BCUT2D eigenvalue weighted by atomic mass is 19.1. The Balaban J connectivity index is 1.54. The van der Waals surface area contributed by atoms with Crippen LogP contribution < -0.4 is 15.5 Å². The van der Waals surface area contributed by atoms with Crippen LogP contribution in [-0.4, -0.2) is 45.9 Å². The van der Waals surface area contributed by atoms with Crippen molar-refractivity contribution in [1.82, 2.24) is 19.7 Å². The quantitative estimate of drug-likeness (QED) is 0.783. The summed E-state index contributed by atoms with van der Waals surface area (Å²) in [7, 11) is 0. The Morgan fingerprint density at radius 1 is 0.920 bits per heavy atom. The van der Waals surface area contributed by atoms with Gasteiger partial charge >= 0.3 is 0 Å². The summed E-state index contributed by atoms with van der Waals surface area (Å²) in [5.74, 6) is 1.05. The fraction of sp³-hybridized carbons (Fsp3) is 0.235. The predicted molar refractivity (Wildman–Crippen MR) is 94.4 cm³/mol. The van der Waals surface area contributed by atoms with Gasteiger partial charge < -0.3 is 15.5 Å². The molecule has 1 aliphatic rings. The first-order valence-corrected chi connectivity index (χ1v) is 8.09. The molecule has 1 saturated heterocycles. The van der Waals surface area contributed by atoms with Crippen molar-refractivity contribution in [3.63, 3.8) is 0 Å². The van der Waals surface area contributed by atoms with E-state index in [2.05, 4.69) is 20.0 Å². The topological polar surface area (TPSA) is 76.1 Å².